The van der Waals surface area contributed by atoms with Crippen molar-refractivity contribution in [3.05, 3.63) is 0 Å². The third-order valence-corrected chi connectivity index (χ3v) is 1.09. The summed E-state index contributed by atoms with van der Waals surface area (Å²) in [4.78, 5) is 0. The number of hydrazone groups is 1. The van der Waals surface area contributed by atoms with E-state index in [0.717, 1.165) is 0 Å². The van der Waals surface area contributed by atoms with Crippen LogP contribution in [0.3, 0.4) is 0 Å². The van der Waals surface area contributed by atoms with Gasteiger partial charge in [0.05, 0.1) is 4.22 Å². The predicted molar refractivity (Wildman–Crippen MR) is 48.3 cm³/mol. The van der Waals surface area contributed by atoms with Gasteiger partial charge in [-0.2, -0.15) is 5.10 Å². The average Bonchev–Trinajstić information content (AvgIpc) is 1.82. The zero-order valence-electron chi connectivity index (χ0n) is 5.50. The van der Waals surface area contributed by atoms with Crippen molar-refractivity contribution in [2.75, 3.05) is 0 Å². The Hall–Kier alpha value is -0.130. The minimum atomic E-state index is 0.272. The number of hydrogen-bond donors (Lipinski definition) is 1. The third kappa shape index (κ3) is 3.45. The Morgan fingerprint density at radius 2 is 2.22 bits per heavy atom. The van der Waals surface area contributed by atoms with E-state index in [2.05, 4.69) is 5.10 Å². The highest BCUT2D eigenvalue weighted by Crippen LogP contribution is 1.93. The summed E-state index contributed by atoms with van der Waals surface area (Å²) < 4.78 is 1.64. The van der Waals surface area contributed by atoms with Crippen LogP contribution in [-0.4, -0.2) is 21.6 Å². The summed E-state index contributed by atoms with van der Waals surface area (Å²) >= 11 is 2.02. The lowest BCUT2D eigenvalue weighted by molar-refractivity contribution is 0.380. The van der Waals surface area contributed by atoms with Crippen LogP contribution in [0.15, 0.2) is 5.10 Å². The van der Waals surface area contributed by atoms with Gasteiger partial charge in [0.1, 0.15) is 6.34 Å². The fraction of sp³-hybridized carbons (Fsp3) is 0.600. The zero-order chi connectivity index (χ0) is 7.28. The minimum Gasteiger partial charge on any atom is -0.290 e. The van der Waals surface area contributed by atoms with Gasteiger partial charge in [0.15, 0.2) is 0 Å². The molecule has 0 aliphatic heterocycles. The summed E-state index contributed by atoms with van der Waals surface area (Å²) in [5, 5.41) is 12.3. The molecule has 0 spiro atoms. The first kappa shape index (κ1) is 8.87. The molecule has 52 valence electrons. The predicted octanol–water partition coefficient (Wildman–Crippen LogP) is 1.68. The SMILES string of the molecule is CC(C)N(C=N)/N=C\I. The Morgan fingerprint density at radius 1 is 1.67 bits per heavy atom. The van der Waals surface area contributed by atoms with Gasteiger partial charge in [-0.3, -0.25) is 10.4 Å². The summed E-state index contributed by atoms with van der Waals surface area (Å²) in [7, 11) is 0. The highest BCUT2D eigenvalue weighted by Gasteiger charge is 1.98. The van der Waals surface area contributed by atoms with Crippen molar-refractivity contribution in [3.8, 4) is 0 Å². The highest BCUT2D eigenvalue weighted by atomic mass is 127. The van der Waals surface area contributed by atoms with E-state index in [4.69, 9.17) is 5.41 Å². The fourth-order valence-electron chi connectivity index (χ4n) is 0.366. The topological polar surface area (TPSA) is 39.5 Å². The molecule has 0 bridgehead atoms. The van der Waals surface area contributed by atoms with E-state index < -0.39 is 0 Å². The molecule has 0 radical (unpaired) electrons. The lowest BCUT2D eigenvalue weighted by atomic mass is 10.4. The van der Waals surface area contributed by atoms with Crippen molar-refractivity contribution in [3.63, 3.8) is 0 Å². The van der Waals surface area contributed by atoms with Gasteiger partial charge in [-0.15, -0.1) is 0 Å². The molecule has 1 N–H and O–H groups in total. The molecule has 0 unspecified atom stereocenters. The quantitative estimate of drug-likeness (QED) is 0.346. The van der Waals surface area contributed by atoms with Gasteiger partial charge >= 0.3 is 0 Å². The van der Waals surface area contributed by atoms with Gasteiger partial charge in [0.2, 0.25) is 0 Å². The number of nitrogens with one attached hydrogen (secondary N) is 1. The van der Waals surface area contributed by atoms with Crippen molar-refractivity contribution >= 4 is 33.2 Å². The van der Waals surface area contributed by atoms with Crippen molar-refractivity contribution < 1.29 is 0 Å². The number of hydrogen-bond acceptors (Lipinski definition) is 2. The molecule has 3 nitrogen and oxygen atoms in total. The van der Waals surface area contributed by atoms with Crippen LogP contribution < -0.4 is 0 Å². The van der Waals surface area contributed by atoms with Gasteiger partial charge in [-0.1, -0.05) is 0 Å². The Balaban J connectivity index is 3.82. The van der Waals surface area contributed by atoms with E-state index in [1.807, 2.05) is 36.4 Å². The lowest BCUT2D eigenvalue weighted by Gasteiger charge is -2.15. The molecule has 0 atom stereocenters. The van der Waals surface area contributed by atoms with E-state index in [1.165, 1.54) is 6.34 Å². The fourth-order valence-corrected chi connectivity index (χ4v) is 0.654. The monoisotopic (exact) mass is 239 g/mol. The van der Waals surface area contributed by atoms with Crippen LogP contribution in [-0.2, 0) is 0 Å². The molecule has 0 saturated heterocycles. The second-order valence-corrected chi connectivity index (χ2v) is 2.37. The van der Waals surface area contributed by atoms with Crippen LogP contribution in [0.1, 0.15) is 13.8 Å². The Bertz CT molecular complexity index is 111. The van der Waals surface area contributed by atoms with Crippen LogP contribution in [0.25, 0.3) is 0 Å². The van der Waals surface area contributed by atoms with Crippen LogP contribution in [0, 0.1) is 5.41 Å². The molecule has 0 fully saturated rings. The third-order valence-electron chi connectivity index (χ3n) is 0.838. The second-order valence-electron chi connectivity index (χ2n) is 1.82. The van der Waals surface area contributed by atoms with Crippen molar-refractivity contribution in [1.29, 1.82) is 5.41 Å². The maximum Gasteiger partial charge on any atom is 0.103 e. The number of rotatable bonds is 3. The molecule has 0 aromatic carbocycles. The van der Waals surface area contributed by atoms with Crippen LogP contribution in [0.2, 0.25) is 0 Å². The maximum absolute atomic E-state index is 6.88. The smallest absolute Gasteiger partial charge is 0.103 e. The molecule has 0 aliphatic rings. The van der Waals surface area contributed by atoms with Gasteiger partial charge in [0.25, 0.3) is 0 Å². The molecule has 0 saturated carbocycles. The summed E-state index contributed by atoms with van der Waals surface area (Å²) in [6, 6.07) is 0.272. The van der Waals surface area contributed by atoms with Crippen LogP contribution in [0.4, 0.5) is 0 Å². The van der Waals surface area contributed by atoms with E-state index >= 15 is 0 Å². The Kier molecular flexibility index (Phi) is 4.65. The van der Waals surface area contributed by atoms with Gasteiger partial charge < -0.3 is 0 Å². The average molecular weight is 239 g/mol. The van der Waals surface area contributed by atoms with Gasteiger partial charge in [-0.25, -0.2) is 0 Å². The van der Waals surface area contributed by atoms with E-state index in [1.54, 1.807) is 9.23 Å². The first-order valence-corrected chi connectivity index (χ1v) is 3.88. The summed E-state index contributed by atoms with van der Waals surface area (Å²) in [6.45, 7) is 3.96. The number of nitrogens with zero attached hydrogens (tertiary/aromatic N) is 2. The molecule has 9 heavy (non-hydrogen) atoms. The molecule has 0 heterocycles. The van der Waals surface area contributed by atoms with Crippen molar-refractivity contribution in [1.82, 2.24) is 5.01 Å². The molecule has 0 rings (SSSR count). The van der Waals surface area contributed by atoms with E-state index in [9.17, 15) is 0 Å². The molecule has 0 aromatic rings. The Labute approximate surface area is 68.8 Å². The molecular formula is C5H10IN3. The Morgan fingerprint density at radius 3 is 2.33 bits per heavy atom. The summed E-state index contributed by atoms with van der Waals surface area (Å²) in [6.07, 6.45) is 1.21. The number of halogens is 1. The molecule has 0 aromatic heterocycles. The molecule has 0 amide bonds. The molecule has 0 aliphatic carbocycles. The highest BCUT2D eigenvalue weighted by molar-refractivity contribution is 14.1. The van der Waals surface area contributed by atoms with Gasteiger partial charge in [0, 0.05) is 6.04 Å². The summed E-state index contributed by atoms with van der Waals surface area (Å²) in [5.41, 5.74) is 0. The minimum absolute atomic E-state index is 0.272. The van der Waals surface area contributed by atoms with E-state index in [-0.39, 0.29) is 6.04 Å². The standard InChI is InChI=1S/C5H10IN3/c1-5(2)9(4-7)8-3-6/h3-5,7H,1-2H3/b7-4?,8-3-. The normalized spacial score (nSPS) is 10.7. The molecule has 4 heteroatoms. The lowest BCUT2D eigenvalue weighted by Crippen LogP contribution is -2.22. The van der Waals surface area contributed by atoms with Crippen molar-refractivity contribution in [2.24, 2.45) is 5.10 Å². The molecular weight excluding hydrogens is 229 g/mol. The van der Waals surface area contributed by atoms with Crippen LogP contribution in [0.5, 0.6) is 0 Å². The first-order valence-electron chi connectivity index (χ1n) is 2.64. The second kappa shape index (κ2) is 4.72. The maximum atomic E-state index is 6.88. The zero-order valence-corrected chi connectivity index (χ0v) is 7.66. The first-order chi connectivity index (χ1) is 4.22. The van der Waals surface area contributed by atoms with E-state index in [0.29, 0.717) is 0 Å². The van der Waals surface area contributed by atoms with Crippen molar-refractivity contribution in [2.45, 2.75) is 19.9 Å². The van der Waals surface area contributed by atoms with Crippen LogP contribution >= 0.6 is 22.6 Å². The van der Waals surface area contributed by atoms with Gasteiger partial charge in [-0.05, 0) is 36.4 Å². The largest absolute Gasteiger partial charge is 0.290 e. The summed E-state index contributed by atoms with van der Waals surface area (Å²) in [5.74, 6) is 0.